The van der Waals surface area contributed by atoms with Crippen molar-refractivity contribution in [2.45, 2.75) is 18.9 Å². The maximum absolute atomic E-state index is 12.0. The van der Waals surface area contributed by atoms with Crippen molar-refractivity contribution in [1.82, 2.24) is 14.9 Å². The van der Waals surface area contributed by atoms with Crippen LogP contribution >= 0.6 is 0 Å². The zero-order chi connectivity index (χ0) is 13.0. The number of aromatic nitrogens is 2. The summed E-state index contributed by atoms with van der Waals surface area (Å²) in [5, 5.41) is 9.55. The molecule has 0 bridgehead atoms. The number of likely N-dealkylation sites (tertiary alicyclic amines) is 1. The van der Waals surface area contributed by atoms with E-state index in [0.29, 0.717) is 12.5 Å². The van der Waals surface area contributed by atoms with Gasteiger partial charge in [0.1, 0.15) is 0 Å². The minimum atomic E-state index is -0.388. The minimum Gasteiger partial charge on any atom is -0.391 e. The van der Waals surface area contributed by atoms with Gasteiger partial charge in [0.05, 0.1) is 12.6 Å². The first kappa shape index (κ1) is 12.8. The number of aliphatic hydroxyl groups is 1. The molecule has 0 aromatic carbocycles. The predicted octanol–water partition coefficient (Wildman–Crippen LogP) is -0.104. The van der Waals surface area contributed by atoms with Gasteiger partial charge in [-0.2, -0.15) is 0 Å². The van der Waals surface area contributed by atoms with Crippen LogP contribution in [0, 0.1) is 0 Å². The van der Waals surface area contributed by atoms with E-state index in [1.807, 2.05) is 0 Å². The molecule has 0 spiro atoms. The van der Waals surface area contributed by atoms with Gasteiger partial charge in [0, 0.05) is 32.5 Å². The van der Waals surface area contributed by atoms with Crippen molar-refractivity contribution in [2.24, 2.45) is 0 Å². The molecule has 98 valence electrons. The number of nitrogens with zero attached hydrogens (tertiary/aromatic N) is 4. The van der Waals surface area contributed by atoms with Gasteiger partial charge >= 0.3 is 0 Å². The molecule has 0 unspecified atom stereocenters. The van der Waals surface area contributed by atoms with Gasteiger partial charge in [0.25, 0.3) is 0 Å². The lowest BCUT2D eigenvalue weighted by Gasteiger charge is -2.31. The molecule has 2 heterocycles. The maximum atomic E-state index is 12.0. The number of piperidine rings is 1. The lowest BCUT2D eigenvalue weighted by molar-refractivity contribution is -0.132. The van der Waals surface area contributed by atoms with Crippen molar-refractivity contribution < 1.29 is 9.90 Å². The zero-order valence-electron chi connectivity index (χ0n) is 10.5. The van der Waals surface area contributed by atoms with Gasteiger partial charge in [-0.25, -0.2) is 9.97 Å². The zero-order valence-corrected chi connectivity index (χ0v) is 10.5. The number of aliphatic hydroxyl groups excluding tert-OH is 1. The topological polar surface area (TPSA) is 69.6 Å². The second-order valence-electron chi connectivity index (χ2n) is 4.54. The summed E-state index contributed by atoms with van der Waals surface area (Å²) in [6.07, 6.45) is 4.54. The SMILES string of the molecule is CN(CC(=O)N1CCC[C@H](O)C1)c1ncccn1. The summed E-state index contributed by atoms with van der Waals surface area (Å²) in [6, 6.07) is 1.74. The fourth-order valence-corrected chi connectivity index (χ4v) is 2.04. The van der Waals surface area contributed by atoms with Crippen LogP contribution in [-0.2, 0) is 4.79 Å². The summed E-state index contributed by atoms with van der Waals surface area (Å²) >= 11 is 0. The number of hydrogen-bond donors (Lipinski definition) is 1. The summed E-state index contributed by atoms with van der Waals surface area (Å²) in [7, 11) is 1.79. The molecular weight excluding hydrogens is 232 g/mol. The Labute approximate surface area is 106 Å². The number of carbonyl (C=O) groups excluding carboxylic acids is 1. The van der Waals surface area contributed by atoms with Crippen LogP contribution in [0.5, 0.6) is 0 Å². The second-order valence-corrected chi connectivity index (χ2v) is 4.54. The lowest BCUT2D eigenvalue weighted by atomic mass is 10.1. The minimum absolute atomic E-state index is 0.00343. The van der Waals surface area contributed by atoms with E-state index in [4.69, 9.17) is 0 Å². The van der Waals surface area contributed by atoms with Crippen LogP contribution in [0.2, 0.25) is 0 Å². The van der Waals surface area contributed by atoms with E-state index in [2.05, 4.69) is 9.97 Å². The first-order chi connectivity index (χ1) is 8.66. The van der Waals surface area contributed by atoms with E-state index in [9.17, 15) is 9.90 Å². The Hall–Kier alpha value is -1.69. The molecule has 18 heavy (non-hydrogen) atoms. The van der Waals surface area contributed by atoms with Gasteiger partial charge in [-0.05, 0) is 18.9 Å². The number of hydrogen-bond acceptors (Lipinski definition) is 5. The Kier molecular flexibility index (Phi) is 4.09. The third-order valence-electron chi connectivity index (χ3n) is 3.02. The normalized spacial score (nSPS) is 19.7. The van der Waals surface area contributed by atoms with Crippen LogP contribution in [0.1, 0.15) is 12.8 Å². The second kappa shape index (κ2) is 5.77. The third kappa shape index (κ3) is 3.16. The van der Waals surface area contributed by atoms with Crippen molar-refractivity contribution in [1.29, 1.82) is 0 Å². The molecule has 0 aliphatic carbocycles. The number of rotatable bonds is 3. The van der Waals surface area contributed by atoms with Crippen LogP contribution in [-0.4, -0.2) is 58.7 Å². The maximum Gasteiger partial charge on any atom is 0.242 e. The molecule has 0 saturated carbocycles. The molecule has 6 heteroatoms. The molecular formula is C12H18N4O2. The monoisotopic (exact) mass is 250 g/mol. The summed E-state index contributed by atoms with van der Waals surface area (Å²) in [5.41, 5.74) is 0. The fourth-order valence-electron chi connectivity index (χ4n) is 2.04. The molecule has 1 saturated heterocycles. The van der Waals surface area contributed by atoms with E-state index in [-0.39, 0.29) is 18.6 Å². The molecule has 1 aromatic rings. The first-order valence-electron chi connectivity index (χ1n) is 6.11. The Morgan fingerprint density at radius 2 is 2.28 bits per heavy atom. The molecule has 1 fully saturated rings. The summed E-state index contributed by atoms with van der Waals surface area (Å²) in [5.74, 6) is 0.534. The largest absolute Gasteiger partial charge is 0.391 e. The highest BCUT2D eigenvalue weighted by Gasteiger charge is 2.23. The van der Waals surface area contributed by atoms with Crippen LogP contribution < -0.4 is 4.90 Å². The average Bonchev–Trinajstić information content (AvgIpc) is 2.39. The molecule has 1 N–H and O–H groups in total. The summed E-state index contributed by atoms with van der Waals surface area (Å²) in [6.45, 7) is 1.39. The van der Waals surface area contributed by atoms with Crippen LogP contribution in [0.25, 0.3) is 0 Å². The van der Waals surface area contributed by atoms with E-state index < -0.39 is 0 Å². The standard InChI is InChI=1S/C12H18N4O2/c1-15(12-13-5-3-6-14-12)9-11(18)16-7-2-4-10(17)8-16/h3,5-6,10,17H,2,4,7-9H2,1H3/t10-/m0/s1. The van der Waals surface area contributed by atoms with Gasteiger partial charge in [-0.1, -0.05) is 0 Å². The Morgan fingerprint density at radius 3 is 2.94 bits per heavy atom. The average molecular weight is 250 g/mol. The van der Waals surface area contributed by atoms with Crippen molar-refractivity contribution in [3.63, 3.8) is 0 Å². The van der Waals surface area contributed by atoms with E-state index in [1.165, 1.54) is 0 Å². The van der Waals surface area contributed by atoms with E-state index in [0.717, 1.165) is 19.4 Å². The van der Waals surface area contributed by atoms with Crippen LogP contribution in [0.4, 0.5) is 5.95 Å². The fraction of sp³-hybridized carbons (Fsp3) is 0.583. The number of β-amino-alcohol motifs (C(OH)–C–C–N with tert-alkyl or cyclic N) is 1. The Bertz CT molecular complexity index is 398. The van der Waals surface area contributed by atoms with Gasteiger partial charge < -0.3 is 14.9 Å². The van der Waals surface area contributed by atoms with Crippen LogP contribution in [0.3, 0.4) is 0 Å². The van der Waals surface area contributed by atoms with Gasteiger partial charge in [0.15, 0.2) is 0 Å². The molecule has 6 nitrogen and oxygen atoms in total. The number of carbonyl (C=O) groups is 1. The molecule has 1 amide bonds. The summed E-state index contributed by atoms with van der Waals surface area (Å²) < 4.78 is 0. The first-order valence-corrected chi connectivity index (χ1v) is 6.11. The molecule has 1 atom stereocenters. The molecule has 2 rings (SSSR count). The van der Waals surface area contributed by atoms with Crippen molar-refractivity contribution in [3.8, 4) is 0 Å². The highest BCUT2D eigenvalue weighted by Crippen LogP contribution is 2.11. The quantitative estimate of drug-likeness (QED) is 0.811. The van der Waals surface area contributed by atoms with E-state index >= 15 is 0 Å². The van der Waals surface area contributed by atoms with Gasteiger partial charge in [-0.3, -0.25) is 4.79 Å². The molecule has 0 radical (unpaired) electrons. The van der Waals surface area contributed by atoms with Gasteiger partial charge in [0.2, 0.25) is 11.9 Å². The molecule has 1 aliphatic heterocycles. The number of amides is 1. The van der Waals surface area contributed by atoms with Crippen LogP contribution in [0.15, 0.2) is 18.5 Å². The third-order valence-corrected chi connectivity index (χ3v) is 3.02. The number of likely N-dealkylation sites (N-methyl/N-ethyl adjacent to an activating group) is 1. The highest BCUT2D eigenvalue weighted by atomic mass is 16.3. The number of anilines is 1. The van der Waals surface area contributed by atoms with Gasteiger partial charge in [-0.15, -0.1) is 0 Å². The Balaban J connectivity index is 1.91. The lowest BCUT2D eigenvalue weighted by Crippen LogP contribution is -2.46. The van der Waals surface area contributed by atoms with Crippen molar-refractivity contribution >= 4 is 11.9 Å². The molecule has 1 aliphatic rings. The van der Waals surface area contributed by atoms with Crippen molar-refractivity contribution in [3.05, 3.63) is 18.5 Å². The van der Waals surface area contributed by atoms with Crippen molar-refractivity contribution in [2.75, 3.05) is 31.6 Å². The Morgan fingerprint density at radius 1 is 1.56 bits per heavy atom. The smallest absolute Gasteiger partial charge is 0.242 e. The highest BCUT2D eigenvalue weighted by molar-refractivity contribution is 5.80. The van der Waals surface area contributed by atoms with E-state index in [1.54, 1.807) is 35.3 Å². The predicted molar refractivity (Wildman–Crippen MR) is 67.1 cm³/mol. The summed E-state index contributed by atoms with van der Waals surface area (Å²) in [4.78, 5) is 23.6. The molecule has 1 aromatic heterocycles.